The Morgan fingerprint density at radius 3 is 2.50 bits per heavy atom. The molecule has 2 aromatic heterocycles. The molecule has 1 unspecified atom stereocenters. The summed E-state index contributed by atoms with van der Waals surface area (Å²) >= 11 is 6.13. The second kappa shape index (κ2) is 9.16. The third-order valence-corrected chi connectivity index (χ3v) is 6.50. The van der Waals surface area contributed by atoms with E-state index >= 15 is 0 Å². The first kappa shape index (κ1) is 20.8. The Kier molecular flexibility index (Phi) is 5.94. The monoisotopic (exact) mass is 451 g/mol. The molecular weight excluding hydrogens is 426 g/mol. The molecule has 0 spiro atoms. The predicted molar refractivity (Wildman–Crippen MR) is 124 cm³/mol. The van der Waals surface area contributed by atoms with Crippen LogP contribution in [-0.2, 0) is 4.79 Å². The summed E-state index contributed by atoms with van der Waals surface area (Å²) in [7, 11) is 0. The van der Waals surface area contributed by atoms with Crippen molar-refractivity contribution in [3.63, 3.8) is 0 Å². The summed E-state index contributed by atoms with van der Waals surface area (Å²) in [5, 5.41) is 9.46. The molecule has 2 fully saturated rings. The van der Waals surface area contributed by atoms with Crippen LogP contribution in [-0.4, -0.2) is 69.8 Å². The fraction of sp³-hybridized carbons (Fsp3) is 0.391. The van der Waals surface area contributed by atoms with Gasteiger partial charge in [-0.05, 0) is 43.2 Å². The molecule has 32 heavy (non-hydrogen) atoms. The molecule has 1 amide bonds. The highest BCUT2D eigenvalue weighted by molar-refractivity contribution is 6.30. The number of anilines is 2. The van der Waals surface area contributed by atoms with E-state index < -0.39 is 0 Å². The van der Waals surface area contributed by atoms with E-state index in [1.165, 1.54) is 0 Å². The zero-order chi connectivity index (χ0) is 21.9. The smallest absolute Gasteiger partial charge is 0.227 e. The van der Waals surface area contributed by atoms with Crippen molar-refractivity contribution in [3.05, 3.63) is 60.1 Å². The third-order valence-electron chi connectivity index (χ3n) is 6.26. The Morgan fingerprint density at radius 1 is 0.969 bits per heavy atom. The van der Waals surface area contributed by atoms with Crippen molar-refractivity contribution < 1.29 is 4.79 Å². The number of rotatable bonds is 4. The van der Waals surface area contributed by atoms with Crippen molar-refractivity contribution >= 4 is 29.0 Å². The van der Waals surface area contributed by atoms with Crippen molar-refractivity contribution in [2.24, 2.45) is 5.92 Å². The lowest BCUT2D eigenvalue weighted by molar-refractivity contribution is -0.136. The minimum atomic E-state index is -0.00315. The minimum Gasteiger partial charge on any atom is -0.368 e. The molecular formula is C23H26ClN7O. The molecule has 0 aliphatic carbocycles. The van der Waals surface area contributed by atoms with E-state index in [1.807, 2.05) is 46.0 Å². The molecule has 3 aromatic rings. The lowest BCUT2D eigenvalue weighted by atomic mass is 9.96. The Hall–Kier alpha value is -3.13. The van der Waals surface area contributed by atoms with Crippen LogP contribution in [0.3, 0.4) is 0 Å². The van der Waals surface area contributed by atoms with Gasteiger partial charge in [0.25, 0.3) is 0 Å². The molecule has 4 heterocycles. The van der Waals surface area contributed by atoms with Gasteiger partial charge >= 0.3 is 0 Å². The van der Waals surface area contributed by atoms with E-state index in [0.29, 0.717) is 6.54 Å². The van der Waals surface area contributed by atoms with Gasteiger partial charge in [-0.15, -0.1) is 10.2 Å². The van der Waals surface area contributed by atoms with Gasteiger partial charge in [0.05, 0.1) is 5.92 Å². The molecule has 166 valence electrons. The van der Waals surface area contributed by atoms with Crippen LogP contribution < -0.4 is 9.80 Å². The van der Waals surface area contributed by atoms with Gasteiger partial charge < -0.3 is 14.7 Å². The standard InChI is InChI=1S/C23H26ClN7O/c24-19-4-1-5-20(15-19)28-11-13-29(14-12-28)23(32)18-3-2-9-30(16-18)21-6-7-22(27-26-21)31-10-8-25-17-31/h1,4-8,10,15,17-18H,2-3,9,11-14,16H2. The van der Waals surface area contributed by atoms with Crippen LogP contribution in [0.2, 0.25) is 5.02 Å². The number of hydrogen-bond acceptors (Lipinski definition) is 6. The molecule has 2 aliphatic heterocycles. The maximum atomic E-state index is 13.3. The highest BCUT2D eigenvalue weighted by Crippen LogP contribution is 2.25. The van der Waals surface area contributed by atoms with E-state index in [1.54, 1.807) is 12.5 Å². The van der Waals surface area contributed by atoms with Crippen molar-refractivity contribution in [1.29, 1.82) is 0 Å². The first-order valence-electron chi connectivity index (χ1n) is 11.0. The number of carbonyl (C=O) groups excluding carboxylic acids is 1. The van der Waals surface area contributed by atoms with Crippen LogP contribution in [0.25, 0.3) is 5.82 Å². The molecule has 0 saturated carbocycles. The van der Waals surface area contributed by atoms with Gasteiger partial charge in [0.15, 0.2) is 11.6 Å². The molecule has 9 heteroatoms. The number of benzene rings is 1. The SMILES string of the molecule is O=C(C1CCCN(c2ccc(-n3ccnc3)nn2)C1)N1CCN(c2cccc(Cl)c2)CC1. The van der Waals surface area contributed by atoms with Crippen LogP contribution in [0.15, 0.2) is 55.1 Å². The molecule has 8 nitrogen and oxygen atoms in total. The van der Waals surface area contributed by atoms with Crippen molar-refractivity contribution in [1.82, 2.24) is 24.6 Å². The van der Waals surface area contributed by atoms with Crippen molar-refractivity contribution in [2.75, 3.05) is 49.1 Å². The lowest BCUT2D eigenvalue weighted by Crippen LogP contribution is -2.52. The number of halogens is 1. The topological polar surface area (TPSA) is 70.4 Å². The molecule has 2 aliphatic rings. The Labute approximate surface area is 192 Å². The summed E-state index contributed by atoms with van der Waals surface area (Å²) in [5.41, 5.74) is 1.12. The van der Waals surface area contributed by atoms with Crippen LogP contribution >= 0.6 is 11.6 Å². The van der Waals surface area contributed by atoms with E-state index in [4.69, 9.17) is 11.6 Å². The van der Waals surface area contributed by atoms with Gasteiger partial charge in [0.1, 0.15) is 6.33 Å². The molecule has 0 N–H and O–H groups in total. The maximum absolute atomic E-state index is 13.3. The largest absolute Gasteiger partial charge is 0.368 e. The number of carbonyl (C=O) groups is 1. The average molecular weight is 452 g/mol. The van der Waals surface area contributed by atoms with Gasteiger partial charge in [-0.2, -0.15) is 0 Å². The molecule has 1 atom stereocenters. The van der Waals surface area contributed by atoms with E-state index in [9.17, 15) is 4.79 Å². The fourth-order valence-corrected chi connectivity index (χ4v) is 4.71. The second-order valence-electron chi connectivity index (χ2n) is 8.30. The molecule has 1 aromatic carbocycles. The highest BCUT2D eigenvalue weighted by atomic mass is 35.5. The van der Waals surface area contributed by atoms with Crippen molar-refractivity contribution in [2.45, 2.75) is 12.8 Å². The summed E-state index contributed by atoms with van der Waals surface area (Å²) in [6, 6.07) is 11.8. The number of piperidine rings is 1. The normalized spacial score (nSPS) is 19.3. The van der Waals surface area contributed by atoms with Gasteiger partial charge in [-0.25, -0.2) is 4.98 Å². The number of nitrogens with zero attached hydrogens (tertiary/aromatic N) is 7. The quantitative estimate of drug-likeness (QED) is 0.607. The first-order valence-corrected chi connectivity index (χ1v) is 11.4. The molecule has 0 bridgehead atoms. The summed E-state index contributed by atoms with van der Waals surface area (Å²) < 4.78 is 1.82. The predicted octanol–water partition coefficient (Wildman–Crippen LogP) is 2.88. The van der Waals surface area contributed by atoms with E-state index in [2.05, 4.69) is 31.0 Å². The maximum Gasteiger partial charge on any atom is 0.227 e. The minimum absolute atomic E-state index is 0.00315. The Balaban J connectivity index is 1.19. The highest BCUT2D eigenvalue weighted by Gasteiger charge is 2.31. The molecule has 0 radical (unpaired) electrons. The molecule has 2 saturated heterocycles. The average Bonchev–Trinajstić information content (AvgIpc) is 3.39. The van der Waals surface area contributed by atoms with Crippen LogP contribution in [0.4, 0.5) is 11.5 Å². The van der Waals surface area contributed by atoms with Crippen LogP contribution in [0, 0.1) is 5.92 Å². The van der Waals surface area contributed by atoms with Crippen molar-refractivity contribution in [3.8, 4) is 5.82 Å². The zero-order valence-corrected chi connectivity index (χ0v) is 18.6. The number of hydrogen-bond donors (Lipinski definition) is 0. The summed E-state index contributed by atoms with van der Waals surface area (Å²) in [6.45, 7) is 4.70. The van der Waals surface area contributed by atoms with Gasteiger partial charge in [-0.1, -0.05) is 17.7 Å². The van der Waals surface area contributed by atoms with Gasteiger partial charge in [-0.3, -0.25) is 9.36 Å². The Bertz CT molecular complexity index is 1050. The van der Waals surface area contributed by atoms with Crippen LogP contribution in [0.1, 0.15) is 12.8 Å². The summed E-state index contributed by atoms with van der Waals surface area (Å²) in [4.78, 5) is 23.8. The fourth-order valence-electron chi connectivity index (χ4n) is 4.52. The van der Waals surface area contributed by atoms with E-state index in [-0.39, 0.29) is 11.8 Å². The van der Waals surface area contributed by atoms with E-state index in [0.717, 1.165) is 67.9 Å². The van der Waals surface area contributed by atoms with Crippen LogP contribution in [0.5, 0.6) is 0 Å². The zero-order valence-electron chi connectivity index (χ0n) is 17.8. The van der Waals surface area contributed by atoms with Gasteiger partial charge in [0.2, 0.25) is 5.91 Å². The number of amides is 1. The summed E-state index contributed by atoms with van der Waals surface area (Å²) in [5.74, 6) is 1.80. The lowest BCUT2D eigenvalue weighted by Gasteiger charge is -2.40. The number of piperazine rings is 1. The number of aromatic nitrogens is 4. The first-order chi connectivity index (χ1) is 15.7. The van der Waals surface area contributed by atoms with Gasteiger partial charge in [0, 0.05) is 62.4 Å². The molecule has 5 rings (SSSR count). The Morgan fingerprint density at radius 2 is 1.78 bits per heavy atom. The summed E-state index contributed by atoms with van der Waals surface area (Å²) in [6.07, 6.45) is 7.15. The number of imidazole rings is 1. The third kappa shape index (κ3) is 4.41. The second-order valence-corrected chi connectivity index (χ2v) is 8.73.